The molecule has 6 nitrogen and oxygen atoms in total. The predicted octanol–water partition coefficient (Wildman–Crippen LogP) is 2.69. The highest BCUT2D eigenvalue weighted by Crippen LogP contribution is 2.25. The Morgan fingerprint density at radius 1 is 1.23 bits per heavy atom. The summed E-state index contributed by atoms with van der Waals surface area (Å²) < 4.78 is 11.5. The average Bonchev–Trinajstić information content (AvgIpc) is 2.96. The van der Waals surface area contributed by atoms with Crippen LogP contribution in [0.15, 0.2) is 22.7 Å². The van der Waals surface area contributed by atoms with E-state index in [4.69, 9.17) is 9.15 Å². The van der Waals surface area contributed by atoms with Crippen LogP contribution >= 0.6 is 0 Å². The summed E-state index contributed by atoms with van der Waals surface area (Å²) >= 11 is 0. The number of rotatable bonds is 4. The first-order chi connectivity index (χ1) is 10.6. The molecule has 2 aromatic rings. The van der Waals surface area contributed by atoms with Gasteiger partial charge in [0.15, 0.2) is 0 Å². The molecule has 22 heavy (non-hydrogen) atoms. The molecule has 0 amide bonds. The fraction of sp³-hybridized carbons (Fsp3) is 0.562. The summed E-state index contributed by atoms with van der Waals surface area (Å²) in [5.74, 6) is 2.02. The molecule has 2 aromatic heterocycles. The molecule has 6 heteroatoms. The second kappa shape index (κ2) is 6.44. The quantitative estimate of drug-likeness (QED) is 0.865. The Kier molecular flexibility index (Phi) is 4.38. The standard InChI is InChI=1S/C16H22N4O2/c1-11-4-5-15(17-10-11)22-14-6-8-20(9-7-14)12(2)16-19-18-13(3)21-16/h4-5,10,12,14H,6-9H2,1-3H3/t12-/m1/s1. The molecule has 0 radical (unpaired) electrons. The first-order valence-electron chi connectivity index (χ1n) is 7.75. The lowest BCUT2D eigenvalue weighted by Gasteiger charge is -2.34. The molecule has 0 N–H and O–H groups in total. The molecular weight excluding hydrogens is 280 g/mol. The zero-order valence-electron chi connectivity index (χ0n) is 13.3. The Bertz CT molecular complexity index is 603. The number of nitrogens with zero attached hydrogens (tertiary/aromatic N) is 4. The van der Waals surface area contributed by atoms with Crippen LogP contribution in [0.2, 0.25) is 0 Å². The molecule has 0 aromatic carbocycles. The molecular formula is C16H22N4O2. The Balaban J connectivity index is 1.52. The largest absolute Gasteiger partial charge is 0.474 e. The van der Waals surface area contributed by atoms with E-state index in [1.165, 1.54) is 0 Å². The van der Waals surface area contributed by atoms with Crippen molar-refractivity contribution >= 4 is 0 Å². The summed E-state index contributed by atoms with van der Waals surface area (Å²) in [5.41, 5.74) is 1.14. The van der Waals surface area contributed by atoms with Crippen molar-refractivity contribution in [2.75, 3.05) is 13.1 Å². The maximum Gasteiger partial charge on any atom is 0.233 e. The van der Waals surface area contributed by atoms with Crippen molar-refractivity contribution in [3.8, 4) is 5.88 Å². The van der Waals surface area contributed by atoms with Gasteiger partial charge >= 0.3 is 0 Å². The summed E-state index contributed by atoms with van der Waals surface area (Å²) in [7, 11) is 0. The fourth-order valence-electron chi connectivity index (χ4n) is 2.71. The molecule has 1 atom stereocenters. The highest BCUT2D eigenvalue weighted by atomic mass is 16.5. The summed E-state index contributed by atoms with van der Waals surface area (Å²) in [5, 5.41) is 8.02. The third-order valence-electron chi connectivity index (χ3n) is 4.09. The number of pyridine rings is 1. The van der Waals surface area contributed by atoms with Crippen molar-refractivity contribution in [3.05, 3.63) is 35.7 Å². The maximum atomic E-state index is 5.96. The highest BCUT2D eigenvalue weighted by Gasteiger charge is 2.27. The zero-order valence-corrected chi connectivity index (χ0v) is 13.3. The van der Waals surface area contributed by atoms with Crippen molar-refractivity contribution in [2.45, 2.75) is 45.8 Å². The topological polar surface area (TPSA) is 64.3 Å². The lowest BCUT2D eigenvalue weighted by atomic mass is 10.1. The van der Waals surface area contributed by atoms with Gasteiger partial charge in [-0.1, -0.05) is 6.07 Å². The molecule has 1 fully saturated rings. The van der Waals surface area contributed by atoms with Crippen LogP contribution in [0.1, 0.15) is 43.2 Å². The summed E-state index contributed by atoms with van der Waals surface area (Å²) in [4.78, 5) is 6.66. The van der Waals surface area contributed by atoms with E-state index in [2.05, 4.69) is 27.0 Å². The van der Waals surface area contributed by atoms with Gasteiger partial charge in [0.2, 0.25) is 17.7 Å². The van der Waals surface area contributed by atoms with Gasteiger partial charge in [-0.25, -0.2) is 4.98 Å². The molecule has 118 valence electrons. The van der Waals surface area contributed by atoms with Crippen LogP contribution in [-0.4, -0.2) is 39.3 Å². The van der Waals surface area contributed by atoms with Gasteiger partial charge in [-0.05, 0) is 32.3 Å². The van der Waals surface area contributed by atoms with Crippen LogP contribution in [0.4, 0.5) is 0 Å². The summed E-state index contributed by atoms with van der Waals surface area (Å²) in [6.07, 6.45) is 4.02. The Hall–Kier alpha value is -1.95. The van der Waals surface area contributed by atoms with Crippen LogP contribution in [0.5, 0.6) is 5.88 Å². The van der Waals surface area contributed by atoms with Gasteiger partial charge in [-0.2, -0.15) is 0 Å². The van der Waals surface area contributed by atoms with Gasteiger partial charge < -0.3 is 9.15 Å². The van der Waals surface area contributed by atoms with Crippen molar-refractivity contribution in [2.24, 2.45) is 0 Å². The van der Waals surface area contributed by atoms with Crippen molar-refractivity contribution < 1.29 is 9.15 Å². The third kappa shape index (κ3) is 3.44. The summed E-state index contributed by atoms with van der Waals surface area (Å²) in [6, 6.07) is 4.11. The second-order valence-corrected chi connectivity index (χ2v) is 5.86. The van der Waals surface area contributed by atoms with E-state index in [1.807, 2.05) is 32.2 Å². The number of likely N-dealkylation sites (tertiary alicyclic amines) is 1. The van der Waals surface area contributed by atoms with Crippen LogP contribution in [0.3, 0.4) is 0 Å². The summed E-state index contributed by atoms with van der Waals surface area (Å²) in [6.45, 7) is 7.86. The number of aryl methyl sites for hydroxylation is 2. The molecule has 0 unspecified atom stereocenters. The Labute approximate surface area is 130 Å². The zero-order chi connectivity index (χ0) is 15.5. The van der Waals surface area contributed by atoms with E-state index >= 15 is 0 Å². The van der Waals surface area contributed by atoms with Gasteiger partial charge in [0.05, 0.1) is 6.04 Å². The number of ether oxygens (including phenoxy) is 1. The molecule has 0 aliphatic carbocycles. The third-order valence-corrected chi connectivity index (χ3v) is 4.09. The molecule has 3 rings (SSSR count). The SMILES string of the molecule is Cc1ccc(OC2CCN([C@H](C)c3nnc(C)o3)CC2)nc1. The number of hydrogen-bond donors (Lipinski definition) is 0. The van der Waals surface area contributed by atoms with Gasteiger partial charge in [0, 0.05) is 32.3 Å². The average molecular weight is 302 g/mol. The normalized spacial score (nSPS) is 18.3. The van der Waals surface area contributed by atoms with Gasteiger partial charge in [0.1, 0.15) is 6.10 Å². The lowest BCUT2D eigenvalue weighted by Crippen LogP contribution is -2.39. The minimum absolute atomic E-state index is 0.152. The molecule has 3 heterocycles. The van der Waals surface area contributed by atoms with Crippen LogP contribution < -0.4 is 4.74 Å². The number of hydrogen-bond acceptors (Lipinski definition) is 6. The van der Waals surface area contributed by atoms with Crippen LogP contribution in [-0.2, 0) is 0 Å². The molecule has 0 bridgehead atoms. The van der Waals surface area contributed by atoms with E-state index in [0.717, 1.165) is 31.5 Å². The first-order valence-corrected chi connectivity index (χ1v) is 7.75. The lowest BCUT2D eigenvalue weighted by molar-refractivity contribution is 0.0692. The van der Waals surface area contributed by atoms with E-state index < -0.39 is 0 Å². The van der Waals surface area contributed by atoms with Crippen LogP contribution in [0, 0.1) is 13.8 Å². The van der Waals surface area contributed by atoms with Gasteiger partial charge in [0.25, 0.3) is 0 Å². The van der Waals surface area contributed by atoms with Crippen molar-refractivity contribution in [1.82, 2.24) is 20.1 Å². The van der Waals surface area contributed by atoms with E-state index in [-0.39, 0.29) is 12.1 Å². The van der Waals surface area contributed by atoms with Crippen molar-refractivity contribution in [3.63, 3.8) is 0 Å². The van der Waals surface area contributed by atoms with Gasteiger partial charge in [-0.3, -0.25) is 4.90 Å². The second-order valence-electron chi connectivity index (χ2n) is 5.86. The van der Waals surface area contributed by atoms with E-state index in [9.17, 15) is 0 Å². The predicted molar refractivity (Wildman–Crippen MR) is 81.6 cm³/mol. The Morgan fingerprint density at radius 2 is 2.00 bits per heavy atom. The minimum Gasteiger partial charge on any atom is -0.474 e. The van der Waals surface area contributed by atoms with E-state index in [1.54, 1.807) is 0 Å². The van der Waals surface area contributed by atoms with Gasteiger partial charge in [-0.15, -0.1) is 10.2 Å². The number of aromatic nitrogens is 3. The molecule has 1 aliphatic heterocycles. The van der Waals surface area contributed by atoms with E-state index in [0.29, 0.717) is 17.7 Å². The smallest absolute Gasteiger partial charge is 0.233 e. The van der Waals surface area contributed by atoms with Crippen molar-refractivity contribution in [1.29, 1.82) is 0 Å². The Morgan fingerprint density at radius 3 is 2.59 bits per heavy atom. The maximum absolute atomic E-state index is 5.96. The molecule has 1 aliphatic rings. The highest BCUT2D eigenvalue weighted by molar-refractivity contribution is 5.16. The van der Waals surface area contributed by atoms with Crippen LogP contribution in [0.25, 0.3) is 0 Å². The molecule has 0 spiro atoms. The minimum atomic E-state index is 0.152. The molecule has 0 saturated carbocycles. The first kappa shape index (κ1) is 15.0. The molecule has 1 saturated heterocycles. The fourth-order valence-corrected chi connectivity index (χ4v) is 2.71. The number of piperidine rings is 1. The monoisotopic (exact) mass is 302 g/mol.